The largest absolute Gasteiger partial charge is 0.479 e. The molecule has 0 saturated heterocycles. The molecule has 0 bridgehead atoms. The van der Waals surface area contributed by atoms with Crippen LogP contribution in [0.15, 0.2) is 0 Å². The van der Waals surface area contributed by atoms with E-state index in [2.05, 4.69) is 11.2 Å². The van der Waals surface area contributed by atoms with Gasteiger partial charge in [0, 0.05) is 19.4 Å². The molecule has 0 aliphatic heterocycles. The number of rotatable bonds is 6. The minimum atomic E-state index is -1.48. The molecule has 0 aromatic carbocycles. The molecule has 0 rings (SSSR count). The van der Waals surface area contributed by atoms with Gasteiger partial charge in [0.25, 0.3) is 0 Å². The SMILES string of the molecule is C#CCC(N)C(=O)NCCC(O)C(=O)O. The lowest BCUT2D eigenvalue weighted by Crippen LogP contribution is -2.41. The van der Waals surface area contributed by atoms with E-state index in [1.165, 1.54) is 0 Å². The first-order valence-corrected chi connectivity index (χ1v) is 4.36. The third-order valence-electron chi connectivity index (χ3n) is 1.68. The van der Waals surface area contributed by atoms with Crippen molar-refractivity contribution in [2.45, 2.75) is 25.0 Å². The fourth-order valence-corrected chi connectivity index (χ4v) is 0.806. The summed E-state index contributed by atoms with van der Waals surface area (Å²) in [6.07, 6.45) is 3.53. The summed E-state index contributed by atoms with van der Waals surface area (Å²) in [5.41, 5.74) is 5.37. The van der Waals surface area contributed by atoms with Crippen molar-refractivity contribution >= 4 is 11.9 Å². The predicted octanol–water partition coefficient (Wildman–Crippen LogP) is -1.71. The van der Waals surface area contributed by atoms with Crippen LogP contribution in [0.25, 0.3) is 0 Å². The maximum atomic E-state index is 11.1. The second-order valence-corrected chi connectivity index (χ2v) is 2.95. The molecule has 2 unspecified atom stereocenters. The normalized spacial score (nSPS) is 13.7. The Morgan fingerprint density at radius 1 is 1.53 bits per heavy atom. The van der Waals surface area contributed by atoms with Crippen LogP contribution in [0.5, 0.6) is 0 Å². The van der Waals surface area contributed by atoms with Crippen molar-refractivity contribution in [2.24, 2.45) is 5.73 Å². The highest BCUT2D eigenvalue weighted by atomic mass is 16.4. The lowest BCUT2D eigenvalue weighted by molar-refractivity contribution is -0.147. The maximum Gasteiger partial charge on any atom is 0.332 e. The Bertz CT molecular complexity index is 272. The van der Waals surface area contributed by atoms with E-state index in [0.717, 1.165) is 0 Å². The molecular formula is C9H14N2O4. The summed E-state index contributed by atoms with van der Waals surface area (Å²) in [6.45, 7) is 0.0462. The van der Waals surface area contributed by atoms with Crippen molar-refractivity contribution in [2.75, 3.05) is 6.54 Å². The number of terminal acetylenes is 1. The van der Waals surface area contributed by atoms with E-state index in [1.54, 1.807) is 0 Å². The Hall–Kier alpha value is -1.58. The van der Waals surface area contributed by atoms with E-state index in [1.807, 2.05) is 0 Å². The molecule has 0 aromatic heterocycles. The number of carbonyl (C=O) groups excluding carboxylic acids is 1. The van der Waals surface area contributed by atoms with E-state index in [-0.39, 0.29) is 19.4 Å². The van der Waals surface area contributed by atoms with Crippen molar-refractivity contribution < 1.29 is 19.8 Å². The van der Waals surface area contributed by atoms with Gasteiger partial charge in [-0.15, -0.1) is 12.3 Å². The molecule has 0 aliphatic rings. The van der Waals surface area contributed by atoms with Gasteiger partial charge in [0.15, 0.2) is 6.10 Å². The molecule has 84 valence electrons. The molecule has 0 heterocycles. The van der Waals surface area contributed by atoms with E-state index in [0.29, 0.717) is 0 Å². The van der Waals surface area contributed by atoms with Gasteiger partial charge in [0.05, 0.1) is 6.04 Å². The van der Waals surface area contributed by atoms with E-state index in [9.17, 15) is 9.59 Å². The molecule has 6 heteroatoms. The van der Waals surface area contributed by atoms with E-state index >= 15 is 0 Å². The summed E-state index contributed by atoms with van der Waals surface area (Å²) in [5, 5.41) is 19.6. The number of carbonyl (C=O) groups is 2. The van der Waals surface area contributed by atoms with Gasteiger partial charge in [0.2, 0.25) is 5.91 Å². The van der Waals surface area contributed by atoms with Crippen molar-refractivity contribution in [3.05, 3.63) is 0 Å². The number of carboxylic acid groups (broad SMARTS) is 1. The topological polar surface area (TPSA) is 113 Å². The van der Waals surface area contributed by atoms with Crippen LogP contribution in [0, 0.1) is 12.3 Å². The Balaban J connectivity index is 3.73. The van der Waals surface area contributed by atoms with Gasteiger partial charge in [-0.1, -0.05) is 0 Å². The minimum absolute atomic E-state index is 0.0462. The Morgan fingerprint density at radius 2 is 2.13 bits per heavy atom. The van der Waals surface area contributed by atoms with Crippen LogP contribution < -0.4 is 11.1 Å². The number of nitrogens with one attached hydrogen (secondary N) is 1. The second-order valence-electron chi connectivity index (χ2n) is 2.95. The van der Waals surface area contributed by atoms with Crippen LogP contribution in [0.2, 0.25) is 0 Å². The standard InChI is InChI=1S/C9H14N2O4/c1-2-3-6(10)8(13)11-5-4-7(12)9(14)15/h1,6-7,12H,3-5,10H2,(H,11,13)(H,14,15). The zero-order chi connectivity index (χ0) is 11.8. The molecule has 0 radical (unpaired) electrons. The van der Waals surface area contributed by atoms with E-state index in [4.69, 9.17) is 22.4 Å². The zero-order valence-corrected chi connectivity index (χ0v) is 8.14. The summed E-state index contributed by atoms with van der Waals surface area (Å²) >= 11 is 0. The van der Waals surface area contributed by atoms with Crippen molar-refractivity contribution in [3.8, 4) is 12.3 Å². The molecule has 0 fully saturated rings. The highest BCUT2D eigenvalue weighted by molar-refractivity contribution is 5.81. The number of amides is 1. The number of nitrogens with two attached hydrogens (primary N) is 1. The molecule has 0 aliphatic carbocycles. The minimum Gasteiger partial charge on any atom is -0.479 e. The second kappa shape index (κ2) is 6.81. The number of hydrogen-bond donors (Lipinski definition) is 4. The molecule has 5 N–H and O–H groups in total. The summed E-state index contributed by atoms with van der Waals surface area (Å²) in [6, 6.07) is -0.794. The average molecular weight is 214 g/mol. The first-order valence-electron chi connectivity index (χ1n) is 4.36. The molecule has 0 aromatic rings. The van der Waals surface area contributed by atoms with Crippen LogP contribution in [-0.4, -0.2) is 40.8 Å². The highest BCUT2D eigenvalue weighted by Gasteiger charge is 2.15. The summed E-state index contributed by atoms with van der Waals surface area (Å²) in [7, 11) is 0. The van der Waals surface area contributed by atoms with Crippen molar-refractivity contribution in [3.63, 3.8) is 0 Å². The Labute approximate surface area is 87.5 Å². The number of hydrogen-bond acceptors (Lipinski definition) is 4. The first kappa shape index (κ1) is 13.4. The molecule has 15 heavy (non-hydrogen) atoms. The van der Waals surface area contributed by atoms with Crippen LogP contribution in [0.3, 0.4) is 0 Å². The van der Waals surface area contributed by atoms with Crippen molar-refractivity contribution in [1.82, 2.24) is 5.32 Å². The number of carboxylic acids is 1. The molecule has 6 nitrogen and oxygen atoms in total. The molecule has 0 spiro atoms. The lowest BCUT2D eigenvalue weighted by atomic mass is 10.2. The van der Waals surface area contributed by atoms with Gasteiger partial charge in [-0.25, -0.2) is 4.79 Å². The monoisotopic (exact) mass is 214 g/mol. The third-order valence-corrected chi connectivity index (χ3v) is 1.68. The third kappa shape index (κ3) is 5.67. The lowest BCUT2D eigenvalue weighted by Gasteiger charge is -2.10. The number of aliphatic hydroxyl groups is 1. The van der Waals surface area contributed by atoms with Crippen molar-refractivity contribution in [1.29, 1.82) is 0 Å². The summed E-state index contributed by atoms with van der Waals surface area (Å²) in [5.74, 6) is 0.461. The molecule has 0 saturated carbocycles. The van der Waals surface area contributed by atoms with Gasteiger partial charge in [-0.3, -0.25) is 4.79 Å². The van der Waals surface area contributed by atoms with Crippen LogP contribution in [0.1, 0.15) is 12.8 Å². The quantitative estimate of drug-likeness (QED) is 0.393. The summed E-state index contributed by atoms with van der Waals surface area (Å²) < 4.78 is 0. The number of aliphatic hydroxyl groups excluding tert-OH is 1. The van der Waals surface area contributed by atoms with Crippen LogP contribution >= 0.6 is 0 Å². The first-order chi connectivity index (χ1) is 6.99. The predicted molar refractivity (Wildman–Crippen MR) is 52.7 cm³/mol. The van der Waals surface area contributed by atoms with Crippen LogP contribution in [0.4, 0.5) is 0 Å². The Morgan fingerprint density at radius 3 is 2.60 bits per heavy atom. The molecular weight excluding hydrogens is 200 g/mol. The maximum absolute atomic E-state index is 11.1. The molecule has 2 atom stereocenters. The van der Waals surface area contributed by atoms with Gasteiger partial charge in [0.1, 0.15) is 0 Å². The van der Waals surface area contributed by atoms with Gasteiger partial charge in [-0.2, -0.15) is 0 Å². The zero-order valence-electron chi connectivity index (χ0n) is 8.14. The number of aliphatic carboxylic acids is 1. The average Bonchev–Trinajstić information content (AvgIpc) is 2.17. The van der Waals surface area contributed by atoms with E-state index < -0.39 is 24.0 Å². The fraction of sp³-hybridized carbons (Fsp3) is 0.556. The smallest absolute Gasteiger partial charge is 0.332 e. The Kier molecular flexibility index (Phi) is 6.09. The highest BCUT2D eigenvalue weighted by Crippen LogP contribution is 1.91. The van der Waals surface area contributed by atoms with Crippen LogP contribution in [-0.2, 0) is 9.59 Å². The van der Waals surface area contributed by atoms with Gasteiger partial charge >= 0.3 is 5.97 Å². The fourth-order valence-electron chi connectivity index (χ4n) is 0.806. The summed E-state index contributed by atoms with van der Waals surface area (Å²) in [4.78, 5) is 21.3. The molecule has 1 amide bonds. The van der Waals surface area contributed by atoms with Gasteiger partial charge < -0.3 is 21.3 Å². The van der Waals surface area contributed by atoms with Gasteiger partial charge in [-0.05, 0) is 0 Å².